The minimum Gasteiger partial charge on any atom is -0.339 e. The summed E-state index contributed by atoms with van der Waals surface area (Å²) >= 11 is 1.87. The number of hydrogen-bond donors (Lipinski definition) is 0. The van der Waals surface area contributed by atoms with Gasteiger partial charge in [-0.2, -0.15) is 0 Å². The molecule has 3 nitrogen and oxygen atoms in total. The third-order valence-electron chi connectivity index (χ3n) is 5.52. The van der Waals surface area contributed by atoms with E-state index in [1.165, 1.54) is 16.5 Å². The molecule has 1 saturated heterocycles. The van der Waals surface area contributed by atoms with Crippen molar-refractivity contribution in [3.63, 3.8) is 0 Å². The van der Waals surface area contributed by atoms with Crippen molar-refractivity contribution in [2.24, 2.45) is 0 Å². The topological polar surface area (TPSA) is 23.6 Å². The monoisotopic (exact) mass is 358 g/mol. The number of thiophene rings is 1. The van der Waals surface area contributed by atoms with Crippen LogP contribution in [0.5, 0.6) is 0 Å². The Labute approximate surface area is 152 Å². The number of benzene rings is 1. The fourth-order valence-electron chi connectivity index (χ4n) is 3.92. The summed E-state index contributed by atoms with van der Waals surface area (Å²) in [5.41, 5.74) is 2.51. The van der Waals surface area contributed by atoms with Crippen LogP contribution in [0.15, 0.2) is 29.6 Å². The van der Waals surface area contributed by atoms with E-state index in [9.17, 15) is 9.18 Å². The van der Waals surface area contributed by atoms with Gasteiger partial charge in [0, 0.05) is 42.7 Å². The summed E-state index contributed by atoms with van der Waals surface area (Å²) in [4.78, 5) is 18.6. The van der Waals surface area contributed by atoms with E-state index in [0.29, 0.717) is 17.2 Å². The van der Waals surface area contributed by atoms with Gasteiger partial charge in [0.15, 0.2) is 0 Å². The van der Waals surface area contributed by atoms with E-state index in [4.69, 9.17) is 0 Å². The highest BCUT2D eigenvalue weighted by atomic mass is 32.1. The maximum atomic E-state index is 13.7. The maximum absolute atomic E-state index is 13.7. The first-order valence-electron chi connectivity index (χ1n) is 8.96. The second-order valence-electron chi connectivity index (χ2n) is 7.08. The Morgan fingerprint density at radius 2 is 2.00 bits per heavy atom. The molecule has 25 heavy (non-hydrogen) atoms. The van der Waals surface area contributed by atoms with Gasteiger partial charge in [-0.15, -0.1) is 11.3 Å². The van der Waals surface area contributed by atoms with Crippen LogP contribution in [0, 0.1) is 12.7 Å². The molecule has 5 heteroatoms. The molecule has 1 aromatic heterocycles. The zero-order chi connectivity index (χ0) is 17.4. The number of nitrogens with zero attached hydrogens (tertiary/aromatic N) is 2. The lowest BCUT2D eigenvalue weighted by atomic mass is 9.99. The van der Waals surface area contributed by atoms with Gasteiger partial charge < -0.3 is 4.90 Å². The quantitative estimate of drug-likeness (QED) is 0.814. The third-order valence-corrected chi connectivity index (χ3v) is 6.55. The Morgan fingerprint density at radius 3 is 2.76 bits per heavy atom. The molecule has 132 valence electrons. The molecule has 2 aromatic rings. The molecule has 2 aliphatic heterocycles. The zero-order valence-corrected chi connectivity index (χ0v) is 15.3. The summed E-state index contributed by atoms with van der Waals surface area (Å²) in [6.07, 6.45) is 3.15. The van der Waals surface area contributed by atoms with E-state index in [2.05, 4.69) is 16.3 Å². The van der Waals surface area contributed by atoms with Crippen molar-refractivity contribution in [2.45, 2.75) is 38.8 Å². The molecule has 0 N–H and O–H groups in total. The summed E-state index contributed by atoms with van der Waals surface area (Å²) in [5.74, 6) is -0.350. The van der Waals surface area contributed by atoms with Gasteiger partial charge in [0.25, 0.3) is 5.91 Å². The molecular weight excluding hydrogens is 335 g/mol. The number of halogens is 1. The molecule has 0 unspecified atom stereocenters. The number of amides is 1. The van der Waals surface area contributed by atoms with Gasteiger partial charge in [-0.25, -0.2) is 4.39 Å². The number of aryl methyl sites for hydroxylation is 1. The molecule has 1 aromatic carbocycles. The van der Waals surface area contributed by atoms with Crippen LogP contribution in [0.3, 0.4) is 0 Å². The van der Waals surface area contributed by atoms with Gasteiger partial charge in [-0.3, -0.25) is 9.69 Å². The number of hydrogen-bond acceptors (Lipinski definition) is 3. The molecule has 1 fully saturated rings. The summed E-state index contributed by atoms with van der Waals surface area (Å²) < 4.78 is 13.7. The highest BCUT2D eigenvalue weighted by Gasteiger charge is 2.29. The third kappa shape index (κ3) is 3.35. The first kappa shape index (κ1) is 16.7. The normalized spacial score (nSPS) is 19.0. The summed E-state index contributed by atoms with van der Waals surface area (Å²) in [5, 5.41) is 2.19. The van der Waals surface area contributed by atoms with Gasteiger partial charge in [0.05, 0.1) is 0 Å². The van der Waals surface area contributed by atoms with Gasteiger partial charge >= 0.3 is 0 Å². The maximum Gasteiger partial charge on any atom is 0.253 e. The largest absolute Gasteiger partial charge is 0.339 e. The number of carbonyl (C=O) groups is 1. The fourth-order valence-corrected chi connectivity index (χ4v) is 4.81. The average molecular weight is 358 g/mol. The molecular formula is C20H23FN2OS. The van der Waals surface area contributed by atoms with E-state index in [1.54, 1.807) is 19.1 Å². The SMILES string of the molecule is Cc1ccc(C(=O)N2CCC(N3CCc4sccc4C3)CC2)cc1F. The summed E-state index contributed by atoms with van der Waals surface area (Å²) in [6.45, 7) is 5.39. The Balaban J connectivity index is 1.37. The van der Waals surface area contributed by atoms with Crippen LogP contribution < -0.4 is 0 Å². The molecule has 0 saturated carbocycles. The van der Waals surface area contributed by atoms with Crippen molar-refractivity contribution in [1.29, 1.82) is 0 Å². The van der Waals surface area contributed by atoms with Crippen LogP contribution >= 0.6 is 11.3 Å². The average Bonchev–Trinajstić information content (AvgIpc) is 3.11. The first-order chi connectivity index (χ1) is 12.1. The van der Waals surface area contributed by atoms with Crippen molar-refractivity contribution < 1.29 is 9.18 Å². The molecule has 3 heterocycles. The minimum absolute atomic E-state index is 0.0453. The van der Waals surface area contributed by atoms with E-state index in [-0.39, 0.29) is 11.7 Å². The lowest BCUT2D eigenvalue weighted by molar-refractivity contribution is 0.0600. The highest BCUT2D eigenvalue weighted by molar-refractivity contribution is 7.10. The van der Waals surface area contributed by atoms with Crippen molar-refractivity contribution in [3.05, 3.63) is 57.0 Å². The molecule has 0 aliphatic carbocycles. The number of fused-ring (bicyclic) bond motifs is 1. The van der Waals surface area contributed by atoms with Crippen LogP contribution in [-0.4, -0.2) is 41.4 Å². The molecule has 0 bridgehead atoms. The van der Waals surface area contributed by atoms with Crippen LogP contribution in [0.4, 0.5) is 4.39 Å². The van der Waals surface area contributed by atoms with Crippen molar-refractivity contribution in [2.75, 3.05) is 19.6 Å². The van der Waals surface area contributed by atoms with E-state index in [1.807, 2.05) is 16.2 Å². The standard InChI is InChI=1S/C20H23FN2OS/c1-14-2-3-15(12-18(14)21)20(24)22-8-4-17(5-9-22)23-10-6-19-16(13-23)7-11-25-19/h2-3,7,11-12,17H,4-6,8-10,13H2,1H3. The Morgan fingerprint density at radius 1 is 1.20 bits per heavy atom. The lowest BCUT2D eigenvalue weighted by Crippen LogP contribution is -2.47. The number of likely N-dealkylation sites (tertiary alicyclic amines) is 1. The lowest BCUT2D eigenvalue weighted by Gasteiger charge is -2.40. The predicted molar refractivity (Wildman–Crippen MR) is 98.5 cm³/mol. The molecule has 0 radical (unpaired) electrons. The highest BCUT2D eigenvalue weighted by Crippen LogP contribution is 2.28. The molecule has 2 aliphatic rings. The minimum atomic E-state index is -0.305. The summed E-state index contributed by atoms with van der Waals surface area (Å²) in [7, 11) is 0. The van der Waals surface area contributed by atoms with E-state index in [0.717, 1.165) is 45.4 Å². The summed E-state index contributed by atoms with van der Waals surface area (Å²) in [6, 6.07) is 7.58. The van der Waals surface area contributed by atoms with Gasteiger partial charge in [-0.1, -0.05) is 6.07 Å². The molecule has 1 amide bonds. The first-order valence-corrected chi connectivity index (χ1v) is 9.84. The van der Waals surface area contributed by atoms with Crippen molar-refractivity contribution >= 4 is 17.2 Å². The van der Waals surface area contributed by atoms with Crippen LogP contribution in [0.25, 0.3) is 0 Å². The predicted octanol–water partition coefficient (Wildman–Crippen LogP) is 3.86. The van der Waals surface area contributed by atoms with E-state index >= 15 is 0 Å². The Kier molecular flexibility index (Phi) is 4.61. The van der Waals surface area contributed by atoms with Gasteiger partial charge in [0.1, 0.15) is 5.82 Å². The molecule has 0 spiro atoms. The van der Waals surface area contributed by atoms with Crippen molar-refractivity contribution in [1.82, 2.24) is 9.80 Å². The van der Waals surface area contributed by atoms with Crippen molar-refractivity contribution in [3.8, 4) is 0 Å². The molecule has 4 rings (SSSR count). The number of piperidine rings is 1. The van der Waals surface area contributed by atoms with Crippen LogP contribution in [-0.2, 0) is 13.0 Å². The van der Waals surface area contributed by atoms with Crippen LogP contribution in [0.1, 0.15) is 39.2 Å². The van der Waals surface area contributed by atoms with Gasteiger partial charge in [0.2, 0.25) is 0 Å². The fraction of sp³-hybridized carbons (Fsp3) is 0.450. The Bertz CT molecular complexity index is 780. The van der Waals surface area contributed by atoms with E-state index < -0.39 is 0 Å². The Hall–Kier alpha value is -1.72. The number of rotatable bonds is 2. The number of carbonyl (C=O) groups excluding carboxylic acids is 1. The second-order valence-corrected chi connectivity index (χ2v) is 8.08. The molecule has 0 atom stereocenters. The van der Waals surface area contributed by atoms with Gasteiger partial charge in [-0.05, 0) is 60.9 Å². The zero-order valence-electron chi connectivity index (χ0n) is 14.5. The van der Waals surface area contributed by atoms with Crippen LogP contribution in [0.2, 0.25) is 0 Å². The smallest absolute Gasteiger partial charge is 0.253 e. The second kappa shape index (κ2) is 6.89.